The Morgan fingerprint density at radius 1 is 0.521 bits per heavy atom. The summed E-state index contributed by atoms with van der Waals surface area (Å²) in [5.74, 6) is -10.8. The van der Waals surface area contributed by atoms with Crippen molar-refractivity contribution in [3.63, 3.8) is 0 Å². The average Bonchev–Trinajstić information content (AvgIpc) is 0.826. The van der Waals surface area contributed by atoms with Crippen LogP contribution in [0, 0.1) is 47.3 Å². The van der Waals surface area contributed by atoms with Gasteiger partial charge in [0, 0.05) is 86.7 Å². The minimum Gasteiger partial charge on any atom is -0.390 e. The van der Waals surface area contributed by atoms with E-state index in [1.807, 2.05) is 48.5 Å². The molecule has 24 nitrogen and oxygen atoms in total. The van der Waals surface area contributed by atoms with Crippen molar-refractivity contribution in [1.29, 1.82) is 0 Å². The summed E-state index contributed by atoms with van der Waals surface area (Å²) in [5.41, 5.74) is 0. The van der Waals surface area contributed by atoms with Gasteiger partial charge in [-0.2, -0.15) is 0 Å². The maximum Gasteiger partial charge on any atom is 0.245 e. The maximum atomic E-state index is 15.2. The van der Waals surface area contributed by atoms with E-state index in [1.165, 1.54) is 85.5 Å². The highest BCUT2D eigenvalue weighted by molar-refractivity contribution is 6.00. The summed E-state index contributed by atoms with van der Waals surface area (Å²) >= 11 is 0. The van der Waals surface area contributed by atoms with Crippen LogP contribution >= 0.6 is 0 Å². The van der Waals surface area contributed by atoms with Crippen molar-refractivity contribution in [2.75, 3.05) is 81.7 Å². The number of carbonyl (C=O) groups is 11. The number of nitrogens with one attached hydrogen (secondary N) is 3. The van der Waals surface area contributed by atoms with Crippen molar-refractivity contribution < 1.29 is 67.3 Å². The number of aliphatic hydroxyl groups excluding tert-OH is 1. The highest BCUT2D eigenvalue weighted by Crippen LogP contribution is 2.28. The molecule has 0 aromatic heterocycles. The van der Waals surface area contributed by atoms with E-state index in [-0.39, 0.29) is 62.9 Å². The number of amides is 9. The molecule has 0 saturated carbocycles. The standard InChI is InChI=1S/C70H126N10O14/c1-24-26-29-46(13)61(83)58-63(85)72-52(25-2)68(90)74(18)49(16)66(88)79(23)60(50(17)94-33-28-27-30-80-31-34-93-35-32-80)57(82)40-51(44(9)10)67(89)75(19)53(36-41(3)4)56(81)39-47(14)62(84)71-48(15)65(87)76(20)54(37-42(5)6)69(91)77(21)55(38-43(7)8)70(92)78(22)59(45(11)12)64(86)73-58/h41-55,58-61,83H,24-40H2,1-23H3,(H,71,84)(H,72,85)(H,73,86)/t46-,47-,48-,49-,50-,51+,52+,53+,54+,55+,58+,59+,60+,61-/m1/s1. The molecule has 2 aliphatic heterocycles. The SMILES string of the molecule is CCCC[C@@H](C)[C@@H](O)[C@@H]1NC(=O)[C@H](C(C)C)N(C)C(=O)[C@H](CC(C)C)N(C)C(=O)[C@H](CC(C)C)N(C)C(=O)[C@@H](C)NC(=O)[C@H](C)CC(=O)[C@H](CC(C)C)N(C)C(=O)[C@H](C(C)C)CC(=O)[C@H]([C@@H](C)OCCCCN2CCOCC2)N(C)C(=O)[C@@H](C)N(C)C(=O)[C@H](CC)NC1=O. The smallest absolute Gasteiger partial charge is 0.245 e. The first-order chi connectivity index (χ1) is 43.8. The van der Waals surface area contributed by atoms with Gasteiger partial charge in [-0.15, -0.1) is 0 Å². The van der Waals surface area contributed by atoms with E-state index in [0.29, 0.717) is 32.5 Å². The summed E-state index contributed by atoms with van der Waals surface area (Å²) in [6.45, 7) is 34.0. The third kappa shape index (κ3) is 24.5. The van der Waals surface area contributed by atoms with Crippen molar-refractivity contribution in [2.45, 2.75) is 255 Å². The van der Waals surface area contributed by atoms with Crippen LogP contribution in [0.1, 0.15) is 188 Å². The minimum absolute atomic E-state index is 0.0123. The molecular weight excluding hydrogens is 1200 g/mol. The third-order valence-corrected chi connectivity index (χ3v) is 19.1. The van der Waals surface area contributed by atoms with Gasteiger partial charge in [0.2, 0.25) is 53.2 Å². The quantitative estimate of drug-likeness (QED) is 0.108. The van der Waals surface area contributed by atoms with E-state index in [4.69, 9.17) is 9.47 Å². The molecule has 0 aromatic rings. The summed E-state index contributed by atoms with van der Waals surface area (Å²) in [7, 11) is 8.73. The van der Waals surface area contributed by atoms with Crippen LogP contribution in [0.15, 0.2) is 0 Å². The topological polar surface area (TPSA) is 285 Å². The number of ether oxygens (including phenoxy) is 2. The molecule has 24 heteroatoms. The Morgan fingerprint density at radius 3 is 1.54 bits per heavy atom. The van der Waals surface area contributed by atoms with Gasteiger partial charge in [-0.3, -0.25) is 57.6 Å². The van der Waals surface area contributed by atoms with Gasteiger partial charge in [-0.1, -0.05) is 110 Å². The van der Waals surface area contributed by atoms with Crippen molar-refractivity contribution >= 4 is 64.7 Å². The number of nitrogens with zero attached hydrogens (tertiary/aromatic N) is 7. The monoisotopic (exact) mass is 1330 g/mol. The lowest BCUT2D eigenvalue weighted by atomic mass is 9.85. The largest absolute Gasteiger partial charge is 0.390 e. The predicted molar refractivity (Wildman–Crippen MR) is 363 cm³/mol. The number of hydrogen-bond donors (Lipinski definition) is 4. The lowest BCUT2D eigenvalue weighted by Crippen LogP contribution is -2.63. The van der Waals surface area contributed by atoms with E-state index >= 15 is 14.4 Å². The zero-order valence-electron chi connectivity index (χ0n) is 61.9. The van der Waals surface area contributed by atoms with Gasteiger partial charge < -0.3 is 59.9 Å². The number of morpholine rings is 1. The molecule has 0 unspecified atom stereocenters. The fourth-order valence-electron chi connectivity index (χ4n) is 12.8. The van der Waals surface area contributed by atoms with Gasteiger partial charge in [0.25, 0.3) is 0 Å². The van der Waals surface area contributed by atoms with Crippen LogP contribution in [-0.4, -0.2) is 252 Å². The normalized spacial score (nSPS) is 27.7. The fourth-order valence-corrected chi connectivity index (χ4v) is 12.8. The van der Waals surface area contributed by atoms with Gasteiger partial charge in [0.05, 0.1) is 31.5 Å². The Bertz CT molecular complexity index is 2490. The molecule has 2 fully saturated rings. The Morgan fingerprint density at radius 2 is 1.03 bits per heavy atom. The average molecular weight is 1330 g/mol. The molecule has 9 amide bonds. The molecule has 0 aliphatic carbocycles. The number of rotatable bonds is 21. The first-order valence-corrected chi connectivity index (χ1v) is 35.0. The summed E-state index contributed by atoms with van der Waals surface area (Å²) in [5, 5.41) is 20.4. The predicted octanol–water partition coefficient (Wildman–Crippen LogP) is 5.19. The number of hydrogen-bond acceptors (Lipinski definition) is 15. The van der Waals surface area contributed by atoms with Crippen molar-refractivity contribution in [3.05, 3.63) is 0 Å². The van der Waals surface area contributed by atoms with Crippen LogP contribution in [-0.2, 0) is 62.2 Å². The molecule has 14 atom stereocenters. The first kappa shape index (κ1) is 84.5. The van der Waals surface area contributed by atoms with Crippen LogP contribution in [0.4, 0.5) is 0 Å². The van der Waals surface area contributed by atoms with Gasteiger partial charge >= 0.3 is 0 Å². The van der Waals surface area contributed by atoms with Gasteiger partial charge in [-0.05, 0) is 108 Å². The minimum atomic E-state index is -1.65. The number of aliphatic hydroxyl groups is 1. The van der Waals surface area contributed by atoms with Crippen LogP contribution in [0.5, 0.6) is 0 Å². The summed E-state index contributed by atoms with van der Waals surface area (Å²) in [6, 6.07) is -11.2. The maximum absolute atomic E-state index is 15.2. The van der Waals surface area contributed by atoms with E-state index in [1.54, 1.807) is 55.4 Å². The van der Waals surface area contributed by atoms with Crippen LogP contribution in [0.25, 0.3) is 0 Å². The number of carbonyl (C=O) groups excluding carboxylic acids is 11. The second kappa shape index (κ2) is 40.2. The molecule has 0 radical (unpaired) electrons. The lowest BCUT2D eigenvalue weighted by Gasteiger charge is -2.40. The highest BCUT2D eigenvalue weighted by Gasteiger charge is 2.45. The molecule has 2 heterocycles. The van der Waals surface area contributed by atoms with Gasteiger partial charge in [-0.25, -0.2) is 0 Å². The molecule has 94 heavy (non-hydrogen) atoms. The fraction of sp³-hybridized carbons (Fsp3) is 0.843. The van der Waals surface area contributed by atoms with Crippen molar-refractivity contribution in [1.82, 2.24) is 50.2 Å². The Kier molecular flexibility index (Phi) is 36.1. The van der Waals surface area contributed by atoms with Crippen molar-refractivity contribution in [3.8, 4) is 0 Å². The summed E-state index contributed by atoms with van der Waals surface area (Å²) in [4.78, 5) is 173. The van der Waals surface area contributed by atoms with Crippen LogP contribution in [0.3, 0.4) is 0 Å². The zero-order chi connectivity index (χ0) is 71.9. The molecule has 540 valence electrons. The molecule has 0 bridgehead atoms. The second-order valence-corrected chi connectivity index (χ2v) is 29.1. The molecule has 0 aromatic carbocycles. The van der Waals surface area contributed by atoms with Crippen molar-refractivity contribution in [2.24, 2.45) is 47.3 Å². The van der Waals surface area contributed by atoms with E-state index < -0.39 is 161 Å². The molecule has 2 saturated heterocycles. The summed E-state index contributed by atoms with van der Waals surface area (Å²) in [6.07, 6.45) is 0.886. The third-order valence-electron chi connectivity index (χ3n) is 19.1. The first-order valence-electron chi connectivity index (χ1n) is 35.0. The molecular formula is C70H126N10O14. The zero-order valence-corrected chi connectivity index (χ0v) is 61.9. The Labute approximate surface area is 564 Å². The van der Waals surface area contributed by atoms with E-state index in [0.717, 1.165) is 32.5 Å². The van der Waals surface area contributed by atoms with Gasteiger partial charge in [0.1, 0.15) is 48.3 Å². The highest BCUT2D eigenvalue weighted by atomic mass is 16.5. The molecule has 4 N–H and O–H groups in total. The molecule has 2 aliphatic rings. The Balaban J connectivity index is 2.97. The van der Waals surface area contributed by atoms with E-state index in [9.17, 15) is 43.5 Å². The Hall–Kier alpha value is -5.59. The van der Waals surface area contributed by atoms with Crippen LogP contribution in [0.2, 0.25) is 0 Å². The lowest BCUT2D eigenvalue weighted by molar-refractivity contribution is -0.154. The van der Waals surface area contributed by atoms with Crippen LogP contribution < -0.4 is 16.0 Å². The number of unbranched alkanes of at least 4 members (excludes halogenated alkanes) is 2. The molecule has 2 rings (SSSR count). The number of Topliss-reactive ketones (excluding diaryl/α,β-unsaturated/α-hetero) is 2. The summed E-state index contributed by atoms with van der Waals surface area (Å²) < 4.78 is 11.9. The number of ketones is 2. The second-order valence-electron chi connectivity index (χ2n) is 29.1. The van der Waals surface area contributed by atoms with Gasteiger partial charge in [0.15, 0.2) is 11.6 Å². The number of likely N-dealkylation sites (N-methyl/N-ethyl adjacent to an activating group) is 6. The van der Waals surface area contributed by atoms with E-state index in [2.05, 4.69) is 20.9 Å². The molecule has 0 spiro atoms.